The molecule has 0 amide bonds. The fourth-order valence-electron chi connectivity index (χ4n) is 3.10. The molecule has 0 aromatic heterocycles. The number of nitrogens with zero attached hydrogens (tertiary/aromatic N) is 1. The van der Waals surface area contributed by atoms with Crippen molar-refractivity contribution in [1.29, 1.82) is 0 Å². The van der Waals surface area contributed by atoms with Crippen LogP contribution in [0, 0.1) is 0 Å². The SMILES string of the molecule is CCCC[C@@H](c1cc(OC(F)(F)F)ccc1OC)N1CCNCC1.Cl.Cl. The zero-order chi connectivity index (χ0) is 17.6. The highest BCUT2D eigenvalue weighted by molar-refractivity contribution is 5.85. The molecule has 0 spiro atoms. The summed E-state index contributed by atoms with van der Waals surface area (Å²) in [5, 5.41) is 3.30. The van der Waals surface area contributed by atoms with Crippen LogP contribution in [-0.4, -0.2) is 44.6 Å². The Labute approximate surface area is 165 Å². The number of hydrogen-bond acceptors (Lipinski definition) is 4. The van der Waals surface area contributed by atoms with E-state index < -0.39 is 6.36 Å². The molecule has 0 saturated carbocycles. The number of halogens is 5. The third-order valence-corrected chi connectivity index (χ3v) is 4.22. The van der Waals surface area contributed by atoms with Gasteiger partial charge in [-0.05, 0) is 24.6 Å². The summed E-state index contributed by atoms with van der Waals surface area (Å²) >= 11 is 0. The number of ether oxygens (including phenoxy) is 2. The van der Waals surface area contributed by atoms with Crippen molar-refractivity contribution >= 4 is 24.8 Å². The normalized spacial score (nSPS) is 16.2. The first-order valence-electron chi connectivity index (χ1n) is 8.33. The molecule has 1 atom stereocenters. The minimum Gasteiger partial charge on any atom is -0.496 e. The van der Waals surface area contributed by atoms with Gasteiger partial charge in [0.1, 0.15) is 11.5 Å². The van der Waals surface area contributed by atoms with Gasteiger partial charge < -0.3 is 14.8 Å². The minimum atomic E-state index is -4.69. The van der Waals surface area contributed by atoms with E-state index >= 15 is 0 Å². The van der Waals surface area contributed by atoms with Crippen LogP contribution in [0.15, 0.2) is 18.2 Å². The number of hydrogen-bond donors (Lipinski definition) is 1. The zero-order valence-corrected chi connectivity index (χ0v) is 16.6. The number of unbranched alkanes of at least 4 members (excludes halogenated alkanes) is 1. The molecule has 26 heavy (non-hydrogen) atoms. The molecule has 0 aliphatic carbocycles. The molecule has 152 valence electrons. The van der Waals surface area contributed by atoms with Crippen molar-refractivity contribution in [2.75, 3.05) is 33.3 Å². The Morgan fingerprint density at radius 2 is 1.85 bits per heavy atom. The van der Waals surface area contributed by atoms with Gasteiger partial charge in [-0.15, -0.1) is 38.0 Å². The van der Waals surface area contributed by atoms with Crippen molar-refractivity contribution in [1.82, 2.24) is 10.2 Å². The maximum absolute atomic E-state index is 12.5. The summed E-state index contributed by atoms with van der Waals surface area (Å²) in [6.45, 7) is 5.59. The second kappa shape index (κ2) is 11.7. The lowest BCUT2D eigenvalue weighted by molar-refractivity contribution is -0.274. The van der Waals surface area contributed by atoms with Crippen LogP contribution in [-0.2, 0) is 0 Å². The summed E-state index contributed by atoms with van der Waals surface area (Å²) in [6, 6.07) is 4.34. The topological polar surface area (TPSA) is 33.7 Å². The van der Waals surface area contributed by atoms with Crippen molar-refractivity contribution in [3.8, 4) is 11.5 Å². The van der Waals surface area contributed by atoms with Gasteiger partial charge in [-0.25, -0.2) is 0 Å². The van der Waals surface area contributed by atoms with E-state index in [1.54, 1.807) is 6.07 Å². The van der Waals surface area contributed by atoms with Crippen LogP contribution in [0.5, 0.6) is 11.5 Å². The van der Waals surface area contributed by atoms with Gasteiger partial charge in [0.25, 0.3) is 0 Å². The first-order valence-corrected chi connectivity index (χ1v) is 8.33. The van der Waals surface area contributed by atoms with Crippen molar-refractivity contribution in [2.45, 2.75) is 38.6 Å². The lowest BCUT2D eigenvalue weighted by Gasteiger charge is -2.36. The molecule has 1 aromatic carbocycles. The standard InChI is InChI=1S/C17H25F3N2O2.2ClH/c1-3-4-5-15(22-10-8-21-9-11-22)14-12-13(24-17(18,19)20)6-7-16(14)23-2;;/h6-7,12,15,21H,3-5,8-11H2,1-2H3;2*1H/t15-;;/m0../s1. The molecule has 4 nitrogen and oxygen atoms in total. The van der Waals surface area contributed by atoms with Gasteiger partial charge in [0.05, 0.1) is 7.11 Å². The van der Waals surface area contributed by atoms with E-state index in [2.05, 4.69) is 21.9 Å². The van der Waals surface area contributed by atoms with Gasteiger partial charge in [-0.2, -0.15) is 0 Å². The third kappa shape index (κ3) is 7.39. The first kappa shape index (κ1) is 25.1. The summed E-state index contributed by atoms with van der Waals surface area (Å²) in [6.07, 6.45) is -1.78. The van der Waals surface area contributed by atoms with Crippen LogP contribution < -0.4 is 14.8 Å². The molecular weight excluding hydrogens is 392 g/mol. The molecule has 1 saturated heterocycles. The monoisotopic (exact) mass is 418 g/mol. The number of nitrogens with one attached hydrogen (secondary N) is 1. The maximum Gasteiger partial charge on any atom is 0.573 e. The Kier molecular flexibility index (Phi) is 11.3. The summed E-state index contributed by atoms with van der Waals surface area (Å²) in [7, 11) is 1.54. The highest BCUT2D eigenvalue weighted by atomic mass is 35.5. The average Bonchev–Trinajstić information content (AvgIpc) is 2.55. The smallest absolute Gasteiger partial charge is 0.496 e. The van der Waals surface area contributed by atoms with Gasteiger partial charge >= 0.3 is 6.36 Å². The Bertz CT molecular complexity index is 527. The molecule has 1 aliphatic rings. The Balaban J connectivity index is 0.00000312. The van der Waals surface area contributed by atoms with E-state index in [0.29, 0.717) is 5.75 Å². The molecule has 1 N–H and O–H groups in total. The number of alkyl halides is 3. The lowest BCUT2D eigenvalue weighted by Crippen LogP contribution is -2.45. The van der Waals surface area contributed by atoms with Gasteiger partial charge in [-0.1, -0.05) is 19.8 Å². The van der Waals surface area contributed by atoms with Gasteiger partial charge in [0.15, 0.2) is 0 Å². The van der Waals surface area contributed by atoms with Crippen LogP contribution in [0.3, 0.4) is 0 Å². The first-order chi connectivity index (χ1) is 11.4. The quantitative estimate of drug-likeness (QED) is 0.702. The second-order valence-electron chi connectivity index (χ2n) is 5.90. The lowest BCUT2D eigenvalue weighted by atomic mass is 9.97. The van der Waals surface area contributed by atoms with Gasteiger partial charge in [-0.3, -0.25) is 4.90 Å². The van der Waals surface area contributed by atoms with Crippen molar-refractivity contribution in [2.24, 2.45) is 0 Å². The van der Waals surface area contributed by atoms with Gasteiger partial charge in [0, 0.05) is 37.8 Å². The predicted octanol–water partition coefficient (Wildman–Crippen LogP) is 4.57. The second-order valence-corrected chi connectivity index (χ2v) is 5.90. The fraction of sp³-hybridized carbons (Fsp3) is 0.647. The van der Waals surface area contributed by atoms with Crippen molar-refractivity contribution in [3.05, 3.63) is 23.8 Å². The zero-order valence-electron chi connectivity index (χ0n) is 15.0. The van der Waals surface area contributed by atoms with Crippen molar-refractivity contribution in [3.63, 3.8) is 0 Å². The number of piperazine rings is 1. The summed E-state index contributed by atoms with van der Waals surface area (Å²) < 4.78 is 47.1. The van der Waals surface area contributed by atoms with Gasteiger partial charge in [0.2, 0.25) is 0 Å². The highest BCUT2D eigenvalue weighted by Crippen LogP contribution is 2.37. The largest absolute Gasteiger partial charge is 0.573 e. The summed E-state index contributed by atoms with van der Waals surface area (Å²) in [5.74, 6) is 0.402. The summed E-state index contributed by atoms with van der Waals surface area (Å²) in [5.41, 5.74) is 0.759. The molecule has 0 unspecified atom stereocenters. The van der Waals surface area contributed by atoms with Crippen LogP contribution in [0.25, 0.3) is 0 Å². The van der Waals surface area contributed by atoms with Crippen LogP contribution in [0.2, 0.25) is 0 Å². The molecule has 0 radical (unpaired) electrons. The molecule has 0 bridgehead atoms. The van der Waals surface area contributed by atoms with E-state index in [9.17, 15) is 13.2 Å². The van der Waals surface area contributed by atoms with Crippen molar-refractivity contribution < 1.29 is 22.6 Å². The number of rotatable bonds is 7. The fourth-order valence-corrected chi connectivity index (χ4v) is 3.10. The number of benzene rings is 1. The van der Waals surface area contributed by atoms with E-state index in [0.717, 1.165) is 51.0 Å². The molecule has 1 aromatic rings. The number of methoxy groups -OCH3 is 1. The predicted molar refractivity (Wildman–Crippen MR) is 101 cm³/mol. The average molecular weight is 419 g/mol. The van der Waals surface area contributed by atoms with E-state index in [4.69, 9.17) is 4.74 Å². The van der Waals surface area contributed by atoms with Crippen LogP contribution in [0.4, 0.5) is 13.2 Å². The third-order valence-electron chi connectivity index (χ3n) is 4.22. The minimum absolute atomic E-state index is 0. The summed E-state index contributed by atoms with van der Waals surface area (Å²) in [4.78, 5) is 2.31. The maximum atomic E-state index is 12.5. The molecule has 1 heterocycles. The molecular formula is C17H27Cl2F3N2O2. The molecule has 2 rings (SSSR count). The molecule has 1 fully saturated rings. The van der Waals surface area contributed by atoms with E-state index in [1.165, 1.54) is 19.2 Å². The molecule has 1 aliphatic heterocycles. The van der Waals surface area contributed by atoms with Crippen LogP contribution in [0.1, 0.15) is 37.8 Å². The Hall–Kier alpha value is -0.890. The van der Waals surface area contributed by atoms with E-state index in [-0.39, 0.29) is 36.6 Å². The molecule has 9 heteroatoms. The Morgan fingerprint density at radius 1 is 1.19 bits per heavy atom. The highest BCUT2D eigenvalue weighted by Gasteiger charge is 2.32. The Morgan fingerprint density at radius 3 is 2.38 bits per heavy atom. The van der Waals surface area contributed by atoms with Crippen LogP contribution >= 0.6 is 24.8 Å². The van der Waals surface area contributed by atoms with E-state index in [1.807, 2.05) is 0 Å².